The van der Waals surface area contributed by atoms with Gasteiger partial charge < -0.3 is 4.90 Å². The Morgan fingerprint density at radius 2 is 1.94 bits per heavy atom. The van der Waals surface area contributed by atoms with Gasteiger partial charge in [0.25, 0.3) is 0 Å². The zero-order valence-corrected chi connectivity index (χ0v) is 11.2. The van der Waals surface area contributed by atoms with Gasteiger partial charge in [0.05, 0.1) is 10.7 Å². The van der Waals surface area contributed by atoms with E-state index in [4.69, 9.17) is 11.6 Å². The molecule has 0 unspecified atom stereocenters. The number of nitrogens with one attached hydrogen (secondary N) is 1. The lowest BCUT2D eigenvalue weighted by Crippen LogP contribution is -2.21. The largest absolute Gasteiger partial charge is 0.341 e. The van der Waals surface area contributed by atoms with Crippen molar-refractivity contribution >= 4 is 17.5 Å². The van der Waals surface area contributed by atoms with Gasteiger partial charge in [0.1, 0.15) is 5.69 Å². The molecule has 3 heterocycles. The first-order valence-electron chi connectivity index (χ1n) is 6.03. The van der Waals surface area contributed by atoms with Crippen LogP contribution in [0.4, 0.5) is 5.95 Å². The highest BCUT2D eigenvalue weighted by molar-refractivity contribution is 6.33. The fraction of sp³-hybridized carbons (Fsp3) is 0.545. The van der Waals surface area contributed by atoms with Gasteiger partial charge in [-0.2, -0.15) is 5.10 Å². The Hall–Kier alpha value is -1.56. The molecule has 2 aromatic rings. The van der Waals surface area contributed by atoms with Gasteiger partial charge in [0.15, 0.2) is 5.82 Å². The summed E-state index contributed by atoms with van der Waals surface area (Å²) in [5, 5.41) is 16.1. The summed E-state index contributed by atoms with van der Waals surface area (Å²) in [6.45, 7) is 3.97. The van der Waals surface area contributed by atoms with E-state index in [-0.39, 0.29) is 0 Å². The highest BCUT2D eigenvalue weighted by Gasteiger charge is 2.22. The maximum atomic E-state index is 6.20. The Labute approximate surface area is 110 Å². The number of hydrogen-bond acceptors (Lipinski definition) is 4. The minimum Gasteiger partial charge on any atom is -0.341 e. The fourth-order valence-corrected chi connectivity index (χ4v) is 2.45. The predicted octanol–water partition coefficient (Wildman–Crippen LogP) is 1.77. The first kappa shape index (κ1) is 11.5. The first-order valence-corrected chi connectivity index (χ1v) is 6.41. The summed E-state index contributed by atoms with van der Waals surface area (Å²) in [5.41, 5.74) is 1.51. The standard InChI is InChI=1S/C11H15ClN6/c1-7-8(12)9(14-13-7)10-15-16-11(17(10)2)18-5-3-4-6-18/h3-6H2,1-2H3,(H,13,14). The molecule has 6 nitrogen and oxygen atoms in total. The highest BCUT2D eigenvalue weighted by Crippen LogP contribution is 2.28. The molecular formula is C11H15ClN6. The van der Waals surface area contributed by atoms with E-state index < -0.39 is 0 Å². The summed E-state index contributed by atoms with van der Waals surface area (Å²) in [6.07, 6.45) is 2.43. The van der Waals surface area contributed by atoms with Crippen molar-refractivity contribution in [3.63, 3.8) is 0 Å². The van der Waals surface area contributed by atoms with E-state index in [0.29, 0.717) is 16.5 Å². The Bertz CT molecular complexity index is 566. The van der Waals surface area contributed by atoms with Crippen LogP contribution in [0.5, 0.6) is 0 Å². The molecule has 1 saturated heterocycles. The molecule has 1 aliphatic rings. The summed E-state index contributed by atoms with van der Waals surface area (Å²) in [4.78, 5) is 2.24. The van der Waals surface area contributed by atoms with Crippen molar-refractivity contribution in [3.8, 4) is 11.5 Å². The van der Waals surface area contributed by atoms with Gasteiger partial charge >= 0.3 is 0 Å². The van der Waals surface area contributed by atoms with Crippen LogP contribution in [0.3, 0.4) is 0 Å². The number of aromatic nitrogens is 5. The van der Waals surface area contributed by atoms with Gasteiger partial charge in [0, 0.05) is 20.1 Å². The van der Waals surface area contributed by atoms with Gasteiger partial charge in [-0.15, -0.1) is 10.2 Å². The lowest BCUT2D eigenvalue weighted by molar-refractivity contribution is 0.823. The smallest absolute Gasteiger partial charge is 0.227 e. The fourth-order valence-electron chi connectivity index (χ4n) is 2.28. The summed E-state index contributed by atoms with van der Waals surface area (Å²) in [7, 11) is 1.95. The maximum absolute atomic E-state index is 6.20. The van der Waals surface area contributed by atoms with Gasteiger partial charge in [-0.1, -0.05) is 11.6 Å². The van der Waals surface area contributed by atoms with Crippen LogP contribution in [-0.2, 0) is 7.05 Å². The number of H-pyrrole nitrogens is 1. The monoisotopic (exact) mass is 266 g/mol. The molecule has 0 saturated carbocycles. The zero-order valence-electron chi connectivity index (χ0n) is 10.4. The van der Waals surface area contributed by atoms with E-state index >= 15 is 0 Å². The molecule has 18 heavy (non-hydrogen) atoms. The van der Waals surface area contributed by atoms with E-state index in [0.717, 1.165) is 24.7 Å². The third-order valence-corrected chi connectivity index (χ3v) is 3.79. The Balaban J connectivity index is 2.01. The second-order valence-corrected chi connectivity index (χ2v) is 4.97. The Kier molecular flexibility index (Phi) is 2.74. The van der Waals surface area contributed by atoms with Crippen LogP contribution in [0.15, 0.2) is 0 Å². The van der Waals surface area contributed by atoms with Crippen molar-refractivity contribution in [2.75, 3.05) is 18.0 Å². The molecule has 0 amide bonds. The molecule has 0 aromatic carbocycles. The predicted molar refractivity (Wildman–Crippen MR) is 69.8 cm³/mol. The average molecular weight is 267 g/mol. The van der Waals surface area contributed by atoms with E-state index in [1.807, 2.05) is 18.5 Å². The molecule has 2 aromatic heterocycles. The van der Waals surface area contributed by atoms with E-state index in [9.17, 15) is 0 Å². The van der Waals surface area contributed by atoms with Crippen molar-refractivity contribution in [1.82, 2.24) is 25.0 Å². The van der Waals surface area contributed by atoms with Crippen LogP contribution in [0.2, 0.25) is 5.02 Å². The van der Waals surface area contributed by atoms with Gasteiger partial charge in [-0.3, -0.25) is 9.67 Å². The number of aromatic amines is 1. The molecule has 96 valence electrons. The van der Waals surface area contributed by atoms with Crippen molar-refractivity contribution in [1.29, 1.82) is 0 Å². The minimum absolute atomic E-state index is 0.610. The molecule has 0 aliphatic carbocycles. The molecule has 0 atom stereocenters. The van der Waals surface area contributed by atoms with Crippen molar-refractivity contribution in [3.05, 3.63) is 10.7 Å². The number of anilines is 1. The van der Waals surface area contributed by atoms with Crippen LogP contribution in [-0.4, -0.2) is 38.1 Å². The highest BCUT2D eigenvalue weighted by atomic mass is 35.5. The molecule has 1 aliphatic heterocycles. The normalized spacial score (nSPS) is 15.6. The quantitative estimate of drug-likeness (QED) is 0.900. The van der Waals surface area contributed by atoms with Crippen LogP contribution < -0.4 is 4.90 Å². The van der Waals surface area contributed by atoms with Gasteiger partial charge in [-0.05, 0) is 19.8 Å². The Morgan fingerprint density at radius 1 is 1.22 bits per heavy atom. The lowest BCUT2D eigenvalue weighted by Gasteiger charge is -2.15. The number of nitrogens with zero attached hydrogens (tertiary/aromatic N) is 5. The molecule has 1 fully saturated rings. The molecular weight excluding hydrogens is 252 g/mol. The van der Waals surface area contributed by atoms with Crippen LogP contribution >= 0.6 is 11.6 Å². The van der Waals surface area contributed by atoms with Crippen LogP contribution in [0, 0.1) is 6.92 Å². The molecule has 0 radical (unpaired) electrons. The number of rotatable bonds is 2. The number of halogens is 1. The summed E-state index contributed by atoms with van der Waals surface area (Å²) >= 11 is 6.20. The van der Waals surface area contributed by atoms with Crippen molar-refractivity contribution < 1.29 is 0 Å². The average Bonchev–Trinajstić information content (AvgIpc) is 3.04. The minimum atomic E-state index is 0.610. The molecule has 1 N–H and O–H groups in total. The third-order valence-electron chi connectivity index (χ3n) is 3.33. The summed E-state index contributed by atoms with van der Waals surface area (Å²) in [5.74, 6) is 1.59. The van der Waals surface area contributed by atoms with Gasteiger partial charge in [-0.25, -0.2) is 0 Å². The van der Waals surface area contributed by atoms with E-state index in [2.05, 4.69) is 25.3 Å². The molecule has 0 spiro atoms. The van der Waals surface area contributed by atoms with Gasteiger partial charge in [0.2, 0.25) is 5.95 Å². The van der Waals surface area contributed by atoms with Crippen molar-refractivity contribution in [2.24, 2.45) is 7.05 Å². The third kappa shape index (κ3) is 1.68. The summed E-state index contributed by atoms with van der Waals surface area (Å²) < 4.78 is 1.95. The number of hydrogen-bond donors (Lipinski definition) is 1. The molecule has 7 heteroatoms. The number of aryl methyl sites for hydroxylation is 1. The lowest BCUT2D eigenvalue weighted by atomic mass is 10.3. The second-order valence-electron chi connectivity index (χ2n) is 4.59. The van der Waals surface area contributed by atoms with Crippen LogP contribution in [0.1, 0.15) is 18.5 Å². The topological polar surface area (TPSA) is 62.6 Å². The van der Waals surface area contributed by atoms with Crippen LogP contribution in [0.25, 0.3) is 11.5 Å². The first-order chi connectivity index (χ1) is 8.68. The van der Waals surface area contributed by atoms with E-state index in [1.165, 1.54) is 12.8 Å². The zero-order chi connectivity index (χ0) is 12.7. The molecule has 0 bridgehead atoms. The maximum Gasteiger partial charge on any atom is 0.227 e. The van der Waals surface area contributed by atoms with E-state index in [1.54, 1.807) is 0 Å². The summed E-state index contributed by atoms with van der Waals surface area (Å²) in [6, 6.07) is 0. The van der Waals surface area contributed by atoms with Crippen molar-refractivity contribution in [2.45, 2.75) is 19.8 Å². The second kappa shape index (κ2) is 4.28. The molecule has 3 rings (SSSR count). The SMILES string of the molecule is Cc1[nH]nc(-c2nnc(N3CCCC3)n2C)c1Cl. The Morgan fingerprint density at radius 3 is 2.56 bits per heavy atom.